The Morgan fingerprint density at radius 2 is 2.10 bits per heavy atom. The SMILES string of the molecule is Cc1ccc(C(=O)NCCCN2CCCC2=O)cc1-n1c(C)nc2cccnc21. The molecule has 29 heavy (non-hydrogen) atoms. The first-order chi connectivity index (χ1) is 14.0. The van der Waals surface area contributed by atoms with E-state index in [0.29, 0.717) is 25.1 Å². The smallest absolute Gasteiger partial charge is 0.251 e. The molecule has 0 bridgehead atoms. The number of likely N-dealkylation sites (tertiary alicyclic amines) is 1. The number of nitrogens with one attached hydrogen (secondary N) is 1. The van der Waals surface area contributed by atoms with Crippen molar-refractivity contribution in [2.45, 2.75) is 33.1 Å². The van der Waals surface area contributed by atoms with Crippen LogP contribution in [0.2, 0.25) is 0 Å². The predicted molar refractivity (Wildman–Crippen MR) is 111 cm³/mol. The number of carbonyl (C=O) groups is 2. The number of aryl methyl sites for hydroxylation is 2. The van der Waals surface area contributed by atoms with Crippen LogP contribution in [-0.2, 0) is 4.79 Å². The zero-order valence-corrected chi connectivity index (χ0v) is 16.8. The monoisotopic (exact) mass is 391 g/mol. The first-order valence-electron chi connectivity index (χ1n) is 10.0. The van der Waals surface area contributed by atoms with Crippen LogP contribution in [0.25, 0.3) is 16.9 Å². The maximum absolute atomic E-state index is 12.7. The minimum absolute atomic E-state index is 0.117. The second-order valence-electron chi connectivity index (χ2n) is 7.44. The molecule has 150 valence electrons. The highest BCUT2D eigenvalue weighted by atomic mass is 16.2. The summed E-state index contributed by atoms with van der Waals surface area (Å²) in [6, 6.07) is 9.47. The van der Waals surface area contributed by atoms with Crippen LogP contribution in [0.15, 0.2) is 36.5 Å². The molecule has 4 rings (SSSR count). The highest BCUT2D eigenvalue weighted by Gasteiger charge is 2.19. The van der Waals surface area contributed by atoms with Gasteiger partial charge in [0.05, 0.1) is 5.69 Å². The van der Waals surface area contributed by atoms with Gasteiger partial charge in [-0.25, -0.2) is 9.97 Å². The number of amides is 2. The molecule has 1 fully saturated rings. The number of fused-ring (bicyclic) bond motifs is 1. The zero-order chi connectivity index (χ0) is 20.4. The van der Waals surface area contributed by atoms with E-state index >= 15 is 0 Å². The van der Waals surface area contributed by atoms with E-state index in [1.165, 1.54) is 0 Å². The van der Waals surface area contributed by atoms with Gasteiger partial charge in [0.1, 0.15) is 11.3 Å². The summed E-state index contributed by atoms with van der Waals surface area (Å²) in [7, 11) is 0. The van der Waals surface area contributed by atoms with E-state index in [-0.39, 0.29) is 11.8 Å². The molecule has 2 aromatic heterocycles. The summed E-state index contributed by atoms with van der Waals surface area (Å²) in [4.78, 5) is 35.2. The lowest BCUT2D eigenvalue weighted by atomic mass is 10.1. The summed E-state index contributed by atoms with van der Waals surface area (Å²) >= 11 is 0. The van der Waals surface area contributed by atoms with Crippen molar-refractivity contribution in [2.24, 2.45) is 0 Å². The summed E-state index contributed by atoms with van der Waals surface area (Å²) in [5, 5.41) is 2.96. The highest BCUT2D eigenvalue weighted by molar-refractivity contribution is 5.95. The fourth-order valence-electron chi connectivity index (χ4n) is 3.82. The van der Waals surface area contributed by atoms with E-state index in [2.05, 4.69) is 15.3 Å². The number of carbonyl (C=O) groups excluding carboxylic acids is 2. The molecule has 2 amide bonds. The Bertz CT molecular complexity index is 1070. The van der Waals surface area contributed by atoms with Crippen molar-refractivity contribution in [1.82, 2.24) is 24.8 Å². The van der Waals surface area contributed by atoms with Gasteiger partial charge in [-0.15, -0.1) is 0 Å². The summed E-state index contributed by atoms with van der Waals surface area (Å²) < 4.78 is 1.99. The average Bonchev–Trinajstić information content (AvgIpc) is 3.27. The molecule has 3 heterocycles. The largest absolute Gasteiger partial charge is 0.352 e. The number of hydrogen-bond acceptors (Lipinski definition) is 4. The first kappa shape index (κ1) is 19.1. The van der Waals surface area contributed by atoms with Gasteiger partial charge in [-0.1, -0.05) is 6.07 Å². The number of pyridine rings is 1. The molecule has 1 aliphatic heterocycles. The van der Waals surface area contributed by atoms with E-state index in [4.69, 9.17) is 0 Å². The van der Waals surface area contributed by atoms with Crippen molar-refractivity contribution in [1.29, 1.82) is 0 Å². The van der Waals surface area contributed by atoms with Gasteiger partial charge in [-0.05, 0) is 56.5 Å². The van der Waals surface area contributed by atoms with Crippen molar-refractivity contribution in [3.05, 3.63) is 53.5 Å². The van der Waals surface area contributed by atoms with Gasteiger partial charge in [0.25, 0.3) is 5.91 Å². The molecule has 0 radical (unpaired) electrons. The van der Waals surface area contributed by atoms with Crippen molar-refractivity contribution < 1.29 is 9.59 Å². The van der Waals surface area contributed by atoms with Crippen LogP contribution in [-0.4, -0.2) is 50.9 Å². The van der Waals surface area contributed by atoms with Crippen molar-refractivity contribution in [3.63, 3.8) is 0 Å². The number of benzene rings is 1. The molecule has 0 aliphatic carbocycles. The van der Waals surface area contributed by atoms with Crippen molar-refractivity contribution in [3.8, 4) is 5.69 Å². The third-order valence-electron chi connectivity index (χ3n) is 5.36. The molecule has 7 nitrogen and oxygen atoms in total. The molecule has 0 unspecified atom stereocenters. The lowest BCUT2D eigenvalue weighted by Crippen LogP contribution is -2.30. The van der Waals surface area contributed by atoms with Crippen molar-refractivity contribution in [2.75, 3.05) is 19.6 Å². The summed E-state index contributed by atoms with van der Waals surface area (Å²) in [6.45, 7) is 6.02. The standard InChI is InChI=1S/C22H25N5O2/c1-15-8-9-17(22(29)24-11-5-13-26-12-4-7-20(26)28)14-19(15)27-16(2)25-18-6-3-10-23-21(18)27/h3,6,8-10,14H,4-5,7,11-13H2,1-2H3,(H,24,29). The second kappa shape index (κ2) is 8.03. The third-order valence-corrected chi connectivity index (χ3v) is 5.36. The first-order valence-corrected chi connectivity index (χ1v) is 10.0. The number of rotatable bonds is 6. The van der Waals surface area contributed by atoms with E-state index < -0.39 is 0 Å². The number of imidazole rings is 1. The molecule has 1 aromatic carbocycles. The van der Waals surface area contributed by atoms with E-state index in [1.54, 1.807) is 6.20 Å². The molecule has 3 aromatic rings. The van der Waals surface area contributed by atoms with Gasteiger partial charge >= 0.3 is 0 Å². The maximum atomic E-state index is 12.7. The molecule has 1 aliphatic rings. The van der Waals surface area contributed by atoms with E-state index in [9.17, 15) is 9.59 Å². The second-order valence-corrected chi connectivity index (χ2v) is 7.44. The summed E-state index contributed by atoms with van der Waals surface area (Å²) in [5.41, 5.74) is 4.15. The van der Waals surface area contributed by atoms with Crippen LogP contribution in [0.3, 0.4) is 0 Å². The van der Waals surface area contributed by atoms with Gasteiger partial charge in [-0.3, -0.25) is 14.2 Å². The number of aromatic nitrogens is 3. The van der Waals surface area contributed by atoms with Gasteiger partial charge in [-0.2, -0.15) is 0 Å². The average molecular weight is 391 g/mol. The quantitative estimate of drug-likeness (QED) is 0.655. The molecule has 1 N–H and O–H groups in total. The van der Waals surface area contributed by atoms with Crippen LogP contribution in [0.1, 0.15) is 41.0 Å². The fraction of sp³-hybridized carbons (Fsp3) is 0.364. The molecule has 7 heteroatoms. The third kappa shape index (κ3) is 3.85. The predicted octanol–water partition coefficient (Wildman–Crippen LogP) is 2.78. The van der Waals surface area contributed by atoms with Crippen molar-refractivity contribution >= 4 is 23.0 Å². The number of nitrogens with zero attached hydrogens (tertiary/aromatic N) is 4. The molecule has 0 spiro atoms. The Balaban J connectivity index is 1.48. The molecule has 0 atom stereocenters. The van der Waals surface area contributed by atoms with Crippen LogP contribution in [0.4, 0.5) is 0 Å². The Morgan fingerprint density at radius 3 is 2.90 bits per heavy atom. The lowest BCUT2D eigenvalue weighted by molar-refractivity contribution is -0.127. The molecular weight excluding hydrogens is 366 g/mol. The minimum atomic E-state index is -0.117. The van der Waals surface area contributed by atoms with Gasteiger partial charge < -0.3 is 10.2 Å². The van der Waals surface area contributed by atoms with Crippen LogP contribution < -0.4 is 5.32 Å². The van der Waals surface area contributed by atoms with Crippen LogP contribution in [0.5, 0.6) is 0 Å². The van der Waals surface area contributed by atoms with E-state index in [1.807, 2.05) is 53.6 Å². The van der Waals surface area contributed by atoms with E-state index in [0.717, 1.165) is 47.6 Å². The topological polar surface area (TPSA) is 80.1 Å². The Kier molecular flexibility index (Phi) is 5.29. The van der Waals surface area contributed by atoms with Gasteiger partial charge in [0, 0.05) is 37.8 Å². The fourth-order valence-corrected chi connectivity index (χ4v) is 3.82. The minimum Gasteiger partial charge on any atom is -0.352 e. The summed E-state index contributed by atoms with van der Waals surface area (Å²) in [6.07, 6.45) is 4.09. The Labute approximate surface area is 169 Å². The summed E-state index contributed by atoms with van der Waals surface area (Å²) in [5.74, 6) is 0.930. The van der Waals surface area contributed by atoms with Gasteiger partial charge in [0.2, 0.25) is 5.91 Å². The maximum Gasteiger partial charge on any atom is 0.251 e. The van der Waals surface area contributed by atoms with Gasteiger partial charge in [0.15, 0.2) is 5.65 Å². The number of hydrogen-bond donors (Lipinski definition) is 1. The highest BCUT2D eigenvalue weighted by Crippen LogP contribution is 2.23. The zero-order valence-electron chi connectivity index (χ0n) is 16.8. The molecule has 1 saturated heterocycles. The molecular formula is C22H25N5O2. The lowest BCUT2D eigenvalue weighted by Gasteiger charge is -2.15. The van der Waals surface area contributed by atoms with Crippen LogP contribution >= 0.6 is 0 Å². The normalized spacial score (nSPS) is 14.0. The van der Waals surface area contributed by atoms with Crippen LogP contribution in [0, 0.1) is 13.8 Å². The Morgan fingerprint density at radius 1 is 1.24 bits per heavy atom. The Hall–Kier alpha value is -3.22. The molecule has 0 saturated carbocycles.